The Bertz CT molecular complexity index is 713. The Morgan fingerprint density at radius 3 is 1.64 bits per heavy atom. The van der Waals surface area contributed by atoms with Gasteiger partial charge in [-0.3, -0.25) is 0 Å². The zero-order chi connectivity index (χ0) is 34.2. The Morgan fingerprint density at radius 1 is 0.705 bits per heavy atom. The number of rotatable bonds is 9. The van der Waals surface area contributed by atoms with Gasteiger partial charge in [-0.1, -0.05) is 178 Å². The molecule has 0 heteroatoms. The molecule has 3 fully saturated rings. The Balaban J connectivity index is 0. The van der Waals surface area contributed by atoms with Gasteiger partial charge in [0.15, 0.2) is 0 Å². The molecule has 0 spiro atoms. The molecule has 0 aromatic carbocycles. The molecule has 0 aliphatic heterocycles. The van der Waals surface area contributed by atoms with Crippen molar-refractivity contribution in [2.75, 3.05) is 0 Å². The fourth-order valence-electron chi connectivity index (χ4n) is 8.10. The van der Waals surface area contributed by atoms with E-state index >= 15 is 0 Å². The van der Waals surface area contributed by atoms with Gasteiger partial charge in [0, 0.05) is 0 Å². The van der Waals surface area contributed by atoms with Crippen molar-refractivity contribution in [1.29, 1.82) is 0 Å². The molecule has 44 heavy (non-hydrogen) atoms. The smallest absolute Gasteiger partial charge is 0.0166 e. The first-order valence-electron chi connectivity index (χ1n) is 19.6. The Kier molecular flexibility index (Phi) is 26.8. The number of terminal acetylenes is 1. The van der Waals surface area contributed by atoms with Gasteiger partial charge in [-0.15, -0.1) is 12.8 Å². The molecule has 6 atom stereocenters. The van der Waals surface area contributed by atoms with Crippen molar-refractivity contribution in [3.05, 3.63) is 23.8 Å². The molecule has 260 valence electrons. The third-order valence-corrected chi connectivity index (χ3v) is 10.6. The lowest BCUT2D eigenvalue weighted by molar-refractivity contribution is -0.0174. The van der Waals surface area contributed by atoms with Crippen molar-refractivity contribution in [3.8, 4) is 12.8 Å². The summed E-state index contributed by atoms with van der Waals surface area (Å²) in [5, 5.41) is 0. The van der Waals surface area contributed by atoms with Gasteiger partial charge < -0.3 is 0 Å². The van der Waals surface area contributed by atoms with E-state index in [1.54, 1.807) is 5.57 Å². The van der Waals surface area contributed by atoms with Crippen molar-refractivity contribution in [2.45, 2.75) is 205 Å². The standard InChI is InChI=1S/C20H30.C10H22.2C5H12.C2H6.C2H2/c1-13-4-7-16-15(12-13)6-8-18-17(16)10-11-20(3)14(2)5-9-19(18)20;1-3-5-7-9-10-8-6-4-2;1-5(2,3)4;1-3-5-4-2;2*1-2/h12,14,16-19H,1,4-11H2,2-3H3;3-10H2,1-2H3;1-4H3;3-5H2,1-2H3;1-2H3;1-2H. The van der Waals surface area contributed by atoms with Crippen molar-refractivity contribution in [1.82, 2.24) is 0 Å². The van der Waals surface area contributed by atoms with E-state index < -0.39 is 0 Å². The highest BCUT2D eigenvalue weighted by Crippen LogP contribution is 2.63. The molecule has 4 rings (SSSR count). The van der Waals surface area contributed by atoms with Crippen molar-refractivity contribution < 1.29 is 0 Å². The van der Waals surface area contributed by atoms with E-state index in [2.05, 4.69) is 94.7 Å². The quantitative estimate of drug-likeness (QED) is 0.179. The minimum Gasteiger partial charge on any atom is -0.124 e. The average Bonchev–Trinajstić information content (AvgIpc) is 3.31. The van der Waals surface area contributed by atoms with Crippen LogP contribution in [0.2, 0.25) is 0 Å². The van der Waals surface area contributed by atoms with E-state index in [0.29, 0.717) is 10.8 Å². The van der Waals surface area contributed by atoms with Crippen LogP contribution in [0.5, 0.6) is 0 Å². The lowest BCUT2D eigenvalue weighted by Crippen LogP contribution is -2.45. The van der Waals surface area contributed by atoms with Gasteiger partial charge in [-0.05, 0) is 91.8 Å². The lowest BCUT2D eigenvalue weighted by Gasteiger charge is -2.54. The summed E-state index contributed by atoms with van der Waals surface area (Å²) in [6.07, 6.45) is 37.6. The monoisotopic (exact) mass is 613 g/mol. The van der Waals surface area contributed by atoms with Gasteiger partial charge in [-0.2, -0.15) is 0 Å². The van der Waals surface area contributed by atoms with Gasteiger partial charge in [-0.25, -0.2) is 0 Å². The molecule has 0 nitrogen and oxygen atoms in total. The molecule has 4 aliphatic rings. The van der Waals surface area contributed by atoms with E-state index in [4.69, 9.17) is 0 Å². The Morgan fingerprint density at radius 2 is 1.18 bits per heavy atom. The molecule has 0 saturated heterocycles. The maximum Gasteiger partial charge on any atom is -0.0166 e. The van der Waals surface area contributed by atoms with Crippen LogP contribution in [0.3, 0.4) is 0 Å². The summed E-state index contributed by atoms with van der Waals surface area (Å²) in [6.45, 7) is 31.1. The van der Waals surface area contributed by atoms with Crippen LogP contribution in [-0.2, 0) is 0 Å². The van der Waals surface area contributed by atoms with Gasteiger partial charge in [0.05, 0.1) is 0 Å². The first-order chi connectivity index (χ1) is 20.9. The molecule has 0 heterocycles. The first kappa shape index (κ1) is 45.2. The highest BCUT2D eigenvalue weighted by atomic mass is 14.6. The zero-order valence-corrected chi connectivity index (χ0v) is 32.8. The van der Waals surface area contributed by atoms with Crippen LogP contribution < -0.4 is 0 Å². The summed E-state index contributed by atoms with van der Waals surface area (Å²) < 4.78 is 0. The summed E-state index contributed by atoms with van der Waals surface area (Å²) in [4.78, 5) is 0. The van der Waals surface area contributed by atoms with Gasteiger partial charge in [0.1, 0.15) is 0 Å². The van der Waals surface area contributed by atoms with Crippen LogP contribution in [0.25, 0.3) is 0 Å². The fraction of sp³-hybridized carbons (Fsp3) is 0.864. The van der Waals surface area contributed by atoms with Gasteiger partial charge >= 0.3 is 0 Å². The Labute approximate surface area is 281 Å². The van der Waals surface area contributed by atoms with Crippen molar-refractivity contribution >= 4 is 0 Å². The van der Waals surface area contributed by atoms with E-state index in [9.17, 15) is 0 Å². The van der Waals surface area contributed by atoms with Crippen LogP contribution in [0.15, 0.2) is 23.8 Å². The molecule has 0 N–H and O–H groups in total. The van der Waals surface area contributed by atoms with Gasteiger partial charge in [0.2, 0.25) is 0 Å². The van der Waals surface area contributed by atoms with Crippen LogP contribution in [0.4, 0.5) is 0 Å². The van der Waals surface area contributed by atoms with E-state index in [-0.39, 0.29) is 0 Å². The molecule has 0 radical (unpaired) electrons. The normalized spacial score (nSPS) is 28.0. The number of hydrogen-bond donors (Lipinski definition) is 0. The van der Waals surface area contributed by atoms with Gasteiger partial charge in [0.25, 0.3) is 0 Å². The fourth-order valence-corrected chi connectivity index (χ4v) is 8.10. The van der Waals surface area contributed by atoms with Crippen LogP contribution in [0, 0.1) is 53.3 Å². The summed E-state index contributed by atoms with van der Waals surface area (Å²) in [7, 11) is 0. The molecule has 0 amide bonds. The second-order valence-corrected chi connectivity index (χ2v) is 16.0. The number of hydrogen-bond acceptors (Lipinski definition) is 0. The minimum absolute atomic E-state index is 0.500. The third kappa shape index (κ3) is 17.7. The Hall–Kier alpha value is -0.960. The SMILES string of the molecule is C#C.C=C1C=C2CCC3C(CCC4(C)C(C)CCC34)C2CC1.CC.CC(C)(C)C.CCCCC.CCCCCCCCCC. The largest absolute Gasteiger partial charge is 0.124 e. The van der Waals surface area contributed by atoms with Crippen LogP contribution >= 0.6 is 0 Å². The summed E-state index contributed by atoms with van der Waals surface area (Å²) in [6, 6.07) is 0. The predicted octanol–water partition coefficient (Wildman–Crippen LogP) is 15.4. The second kappa shape index (κ2) is 26.1. The second-order valence-electron chi connectivity index (χ2n) is 16.0. The molecular formula is C44H84. The molecule has 6 unspecified atom stereocenters. The van der Waals surface area contributed by atoms with Crippen LogP contribution in [-0.4, -0.2) is 0 Å². The maximum atomic E-state index is 4.21. The van der Waals surface area contributed by atoms with Crippen molar-refractivity contribution in [3.63, 3.8) is 0 Å². The lowest BCUT2D eigenvalue weighted by atomic mass is 9.51. The van der Waals surface area contributed by atoms with Crippen molar-refractivity contribution in [2.24, 2.45) is 40.4 Å². The third-order valence-electron chi connectivity index (χ3n) is 10.6. The predicted molar refractivity (Wildman–Crippen MR) is 205 cm³/mol. The highest BCUT2D eigenvalue weighted by Gasteiger charge is 2.54. The number of allylic oxidation sites excluding steroid dienone is 3. The number of unbranched alkanes of at least 4 members (excludes halogenated alkanes) is 9. The zero-order valence-electron chi connectivity index (χ0n) is 32.8. The summed E-state index contributed by atoms with van der Waals surface area (Å²) in [5.74, 6) is 5.01. The molecule has 4 aliphatic carbocycles. The van der Waals surface area contributed by atoms with E-state index in [1.165, 1.54) is 128 Å². The average molecular weight is 613 g/mol. The molecule has 0 aromatic rings. The summed E-state index contributed by atoms with van der Waals surface area (Å²) in [5.41, 5.74) is 4.35. The maximum absolute atomic E-state index is 4.21. The highest BCUT2D eigenvalue weighted by molar-refractivity contribution is 5.29. The minimum atomic E-state index is 0.500. The summed E-state index contributed by atoms with van der Waals surface area (Å²) >= 11 is 0. The molecular weight excluding hydrogens is 528 g/mol. The van der Waals surface area contributed by atoms with E-state index in [0.717, 1.165) is 29.6 Å². The van der Waals surface area contributed by atoms with E-state index in [1.807, 2.05) is 13.8 Å². The number of fused-ring (bicyclic) bond motifs is 5. The molecule has 0 aromatic heterocycles. The topological polar surface area (TPSA) is 0 Å². The molecule has 0 bridgehead atoms. The van der Waals surface area contributed by atoms with Crippen LogP contribution in [0.1, 0.15) is 205 Å². The molecule has 3 saturated carbocycles. The first-order valence-corrected chi connectivity index (χ1v) is 19.6.